The van der Waals surface area contributed by atoms with Gasteiger partial charge >= 0.3 is 0 Å². The SMILES string of the molecule is C=C.CC.CC1(C)C2CN(N)CC21. The fourth-order valence-corrected chi connectivity index (χ4v) is 2.16. The van der Waals surface area contributed by atoms with Gasteiger partial charge in [-0.15, -0.1) is 13.2 Å². The van der Waals surface area contributed by atoms with Crippen LogP contribution in [0.4, 0.5) is 0 Å². The molecule has 0 amide bonds. The molecule has 0 aromatic heterocycles. The highest BCUT2D eigenvalue weighted by atomic mass is 15.4. The number of hydrogen-bond donors (Lipinski definition) is 1. The maximum atomic E-state index is 5.61. The second kappa shape index (κ2) is 4.77. The first kappa shape index (κ1) is 12.7. The maximum Gasteiger partial charge on any atom is 0.0165 e. The maximum absolute atomic E-state index is 5.61. The van der Waals surface area contributed by atoms with Gasteiger partial charge in [0.15, 0.2) is 0 Å². The highest BCUT2D eigenvalue weighted by Crippen LogP contribution is 2.61. The minimum Gasteiger partial charge on any atom is -0.269 e. The molecule has 2 heteroatoms. The number of nitrogens with zero attached hydrogens (tertiary/aromatic N) is 1. The molecule has 0 aromatic rings. The molecule has 1 saturated carbocycles. The van der Waals surface area contributed by atoms with E-state index in [9.17, 15) is 0 Å². The van der Waals surface area contributed by atoms with Crippen LogP contribution in [0.2, 0.25) is 0 Å². The van der Waals surface area contributed by atoms with Crippen molar-refractivity contribution in [2.75, 3.05) is 13.1 Å². The smallest absolute Gasteiger partial charge is 0.0165 e. The summed E-state index contributed by atoms with van der Waals surface area (Å²) in [6.07, 6.45) is 0. The molecular weight excluding hydrogens is 160 g/mol. The second-order valence-electron chi connectivity index (χ2n) is 3.99. The van der Waals surface area contributed by atoms with Crippen LogP contribution in [0.3, 0.4) is 0 Å². The lowest BCUT2D eigenvalue weighted by Gasteiger charge is -2.15. The largest absolute Gasteiger partial charge is 0.269 e. The summed E-state index contributed by atoms with van der Waals surface area (Å²) in [5.74, 6) is 7.42. The van der Waals surface area contributed by atoms with Crippen molar-refractivity contribution < 1.29 is 0 Å². The topological polar surface area (TPSA) is 29.3 Å². The Hall–Kier alpha value is -0.340. The molecule has 1 aliphatic heterocycles. The van der Waals surface area contributed by atoms with Crippen molar-refractivity contribution in [1.29, 1.82) is 0 Å². The van der Waals surface area contributed by atoms with E-state index < -0.39 is 0 Å². The molecule has 1 aliphatic carbocycles. The number of fused-ring (bicyclic) bond motifs is 1. The lowest BCUT2D eigenvalue weighted by Crippen LogP contribution is -2.32. The molecule has 0 spiro atoms. The Morgan fingerprint density at radius 1 is 1.15 bits per heavy atom. The monoisotopic (exact) mass is 184 g/mol. The molecule has 13 heavy (non-hydrogen) atoms. The van der Waals surface area contributed by atoms with E-state index in [0.29, 0.717) is 5.41 Å². The van der Waals surface area contributed by atoms with Crippen molar-refractivity contribution >= 4 is 0 Å². The van der Waals surface area contributed by atoms with Crippen LogP contribution in [0.15, 0.2) is 13.2 Å². The van der Waals surface area contributed by atoms with Crippen LogP contribution in [-0.4, -0.2) is 18.1 Å². The average Bonchev–Trinajstić information content (AvgIpc) is 2.57. The zero-order chi connectivity index (χ0) is 10.6. The quantitative estimate of drug-likeness (QED) is 0.462. The van der Waals surface area contributed by atoms with E-state index in [1.165, 1.54) is 0 Å². The molecule has 0 aromatic carbocycles. The minimum absolute atomic E-state index is 0.621. The molecule has 2 fully saturated rings. The molecule has 78 valence electrons. The van der Waals surface area contributed by atoms with Crippen molar-refractivity contribution in [2.24, 2.45) is 23.1 Å². The van der Waals surface area contributed by atoms with Gasteiger partial charge in [-0.2, -0.15) is 0 Å². The normalized spacial score (nSPS) is 33.3. The molecule has 0 bridgehead atoms. The van der Waals surface area contributed by atoms with Gasteiger partial charge in [-0.05, 0) is 17.3 Å². The first-order valence-electron chi connectivity index (χ1n) is 5.12. The van der Waals surface area contributed by atoms with E-state index in [-0.39, 0.29) is 0 Å². The van der Waals surface area contributed by atoms with Gasteiger partial charge in [0, 0.05) is 13.1 Å². The van der Waals surface area contributed by atoms with Gasteiger partial charge in [0.25, 0.3) is 0 Å². The third-order valence-electron chi connectivity index (χ3n) is 3.15. The van der Waals surface area contributed by atoms with Gasteiger partial charge in [0.05, 0.1) is 0 Å². The molecule has 1 saturated heterocycles. The summed E-state index contributed by atoms with van der Waals surface area (Å²) in [6, 6.07) is 0. The predicted molar refractivity (Wildman–Crippen MR) is 59.1 cm³/mol. The Kier molecular flexibility index (Phi) is 4.65. The van der Waals surface area contributed by atoms with Gasteiger partial charge in [-0.3, -0.25) is 5.84 Å². The van der Waals surface area contributed by atoms with Crippen molar-refractivity contribution in [2.45, 2.75) is 27.7 Å². The van der Waals surface area contributed by atoms with Gasteiger partial charge in [-0.1, -0.05) is 27.7 Å². The fourth-order valence-electron chi connectivity index (χ4n) is 2.16. The molecule has 2 rings (SSSR count). The summed E-state index contributed by atoms with van der Waals surface area (Å²) in [4.78, 5) is 0. The highest BCUT2D eigenvalue weighted by Gasteiger charge is 2.61. The number of piperidine rings is 1. The Morgan fingerprint density at radius 3 is 1.69 bits per heavy atom. The van der Waals surface area contributed by atoms with E-state index >= 15 is 0 Å². The lowest BCUT2D eigenvalue weighted by atomic mass is 10.1. The summed E-state index contributed by atoms with van der Waals surface area (Å²) in [7, 11) is 0. The zero-order valence-corrected chi connectivity index (χ0v) is 9.51. The summed E-state index contributed by atoms with van der Waals surface area (Å²) >= 11 is 0. The molecule has 2 nitrogen and oxygen atoms in total. The number of rotatable bonds is 0. The van der Waals surface area contributed by atoms with E-state index in [2.05, 4.69) is 27.0 Å². The van der Waals surface area contributed by atoms with E-state index in [1.54, 1.807) is 0 Å². The lowest BCUT2D eigenvalue weighted by molar-refractivity contribution is 0.266. The average molecular weight is 184 g/mol. The first-order chi connectivity index (χ1) is 6.12. The number of hydrogen-bond acceptors (Lipinski definition) is 2. The first-order valence-corrected chi connectivity index (χ1v) is 5.12. The fraction of sp³-hybridized carbons (Fsp3) is 0.818. The summed E-state index contributed by atoms with van der Waals surface area (Å²) in [5, 5.41) is 1.95. The summed E-state index contributed by atoms with van der Waals surface area (Å²) < 4.78 is 0. The second-order valence-corrected chi connectivity index (χ2v) is 3.99. The van der Waals surface area contributed by atoms with E-state index in [1.807, 2.05) is 18.9 Å². The van der Waals surface area contributed by atoms with Crippen LogP contribution >= 0.6 is 0 Å². The Bertz CT molecular complexity index is 140. The minimum atomic E-state index is 0.621. The van der Waals surface area contributed by atoms with Crippen LogP contribution in [0.25, 0.3) is 0 Å². The Balaban J connectivity index is 0.000000322. The van der Waals surface area contributed by atoms with Crippen molar-refractivity contribution in [1.82, 2.24) is 5.01 Å². The summed E-state index contributed by atoms with van der Waals surface area (Å²) in [6.45, 7) is 16.9. The molecule has 2 N–H and O–H groups in total. The molecule has 2 aliphatic rings. The van der Waals surface area contributed by atoms with E-state index in [4.69, 9.17) is 5.84 Å². The molecule has 2 atom stereocenters. The third-order valence-corrected chi connectivity index (χ3v) is 3.15. The van der Waals surface area contributed by atoms with Crippen LogP contribution < -0.4 is 5.84 Å². The van der Waals surface area contributed by atoms with Crippen molar-refractivity contribution in [3.63, 3.8) is 0 Å². The molecule has 0 radical (unpaired) electrons. The van der Waals surface area contributed by atoms with Gasteiger partial charge in [0.2, 0.25) is 0 Å². The van der Waals surface area contributed by atoms with Crippen LogP contribution in [0, 0.1) is 17.3 Å². The van der Waals surface area contributed by atoms with Crippen LogP contribution in [0.5, 0.6) is 0 Å². The highest BCUT2D eigenvalue weighted by molar-refractivity contribution is 5.10. The van der Waals surface area contributed by atoms with Gasteiger partial charge in [0.1, 0.15) is 0 Å². The third kappa shape index (κ3) is 2.32. The predicted octanol–water partition coefficient (Wildman–Crippen LogP) is 2.28. The van der Waals surface area contributed by atoms with Crippen LogP contribution in [0.1, 0.15) is 27.7 Å². The molecule has 2 unspecified atom stereocenters. The van der Waals surface area contributed by atoms with Crippen molar-refractivity contribution in [3.8, 4) is 0 Å². The Morgan fingerprint density at radius 2 is 1.46 bits per heavy atom. The zero-order valence-electron chi connectivity index (χ0n) is 9.51. The van der Waals surface area contributed by atoms with E-state index in [0.717, 1.165) is 24.9 Å². The van der Waals surface area contributed by atoms with Gasteiger partial charge in [-0.25, -0.2) is 5.01 Å². The summed E-state index contributed by atoms with van der Waals surface area (Å²) in [5.41, 5.74) is 0.621. The van der Waals surface area contributed by atoms with Crippen LogP contribution in [-0.2, 0) is 0 Å². The molecular formula is C11H24N2. The number of hydrazine groups is 1. The van der Waals surface area contributed by atoms with Gasteiger partial charge < -0.3 is 0 Å². The number of nitrogens with two attached hydrogens (primary N) is 1. The van der Waals surface area contributed by atoms with Crippen molar-refractivity contribution in [3.05, 3.63) is 13.2 Å². The molecule has 1 heterocycles. The standard InChI is InChI=1S/C7H14N2.C2H6.C2H4/c1-7(2)5-3-9(8)4-6(5)7;2*1-2/h5-6H,3-4,8H2,1-2H3;1-2H3;1-2H2. The Labute approximate surface area is 82.8 Å².